The Hall–Kier alpha value is -3.82. The maximum absolute atomic E-state index is 12.1. The van der Waals surface area contributed by atoms with Crippen LogP contribution in [-0.2, 0) is 9.53 Å². The van der Waals surface area contributed by atoms with Gasteiger partial charge in [-0.1, -0.05) is 12.1 Å². The molecule has 1 aliphatic rings. The van der Waals surface area contributed by atoms with Crippen LogP contribution in [-0.4, -0.2) is 49.7 Å². The van der Waals surface area contributed by atoms with E-state index in [1.165, 1.54) is 19.2 Å². The topological polar surface area (TPSA) is 129 Å². The van der Waals surface area contributed by atoms with Gasteiger partial charge in [0.2, 0.25) is 0 Å². The Balaban J connectivity index is 1.48. The molecule has 1 heterocycles. The standard InChI is InChI=1S/C19H19N3O7/c1-20-14-7-6-12(8-15(14)22(25)26)19(24)28-11-18(23)21-9-13-10-27-16-4-2-3-5-17(16)29-13/h2-8,13,20H,9-11H2,1H3,(H,21,23)/t13-/m0/s1. The van der Waals surface area contributed by atoms with Gasteiger partial charge in [0, 0.05) is 13.1 Å². The van der Waals surface area contributed by atoms with Crippen LogP contribution in [0.4, 0.5) is 11.4 Å². The highest BCUT2D eigenvalue weighted by molar-refractivity contribution is 5.93. The number of carbonyl (C=O) groups is 2. The van der Waals surface area contributed by atoms with Gasteiger partial charge in [-0.15, -0.1) is 0 Å². The molecular weight excluding hydrogens is 382 g/mol. The molecule has 0 unspecified atom stereocenters. The summed E-state index contributed by atoms with van der Waals surface area (Å²) in [4.78, 5) is 34.5. The molecule has 0 spiro atoms. The van der Waals surface area contributed by atoms with Gasteiger partial charge in [-0.25, -0.2) is 4.79 Å². The van der Waals surface area contributed by atoms with Gasteiger partial charge in [-0.3, -0.25) is 14.9 Å². The molecule has 0 saturated heterocycles. The SMILES string of the molecule is CNc1ccc(C(=O)OCC(=O)NC[C@H]2COc3ccccc3O2)cc1[N+](=O)[O-]. The Kier molecular flexibility index (Phi) is 6.12. The van der Waals surface area contributed by atoms with Gasteiger partial charge in [-0.05, 0) is 24.3 Å². The molecule has 10 nitrogen and oxygen atoms in total. The highest BCUT2D eigenvalue weighted by Crippen LogP contribution is 2.30. The summed E-state index contributed by atoms with van der Waals surface area (Å²) < 4.78 is 16.2. The van der Waals surface area contributed by atoms with Crippen LogP contribution in [0.2, 0.25) is 0 Å². The summed E-state index contributed by atoms with van der Waals surface area (Å²) in [6.07, 6.45) is -0.374. The highest BCUT2D eigenvalue weighted by atomic mass is 16.6. The first kappa shape index (κ1) is 19.9. The number of nitro benzene ring substituents is 1. The van der Waals surface area contributed by atoms with Crippen molar-refractivity contribution in [1.82, 2.24) is 5.32 Å². The summed E-state index contributed by atoms with van der Waals surface area (Å²) in [5.41, 5.74) is -0.0224. The summed E-state index contributed by atoms with van der Waals surface area (Å²) in [7, 11) is 1.53. The minimum Gasteiger partial charge on any atom is -0.486 e. The number of carbonyl (C=O) groups excluding carboxylic acids is 2. The monoisotopic (exact) mass is 401 g/mol. The number of fused-ring (bicyclic) bond motifs is 1. The van der Waals surface area contributed by atoms with E-state index in [0.717, 1.165) is 6.07 Å². The first-order valence-electron chi connectivity index (χ1n) is 8.76. The van der Waals surface area contributed by atoms with Crippen LogP contribution in [0.1, 0.15) is 10.4 Å². The summed E-state index contributed by atoms with van der Waals surface area (Å²) >= 11 is 0. The zero-order valence-corrected chi connectivity index (χ0v) is 15.5. The van der Waals surface area contributed by atoms with Crippen LogP contribution >= 0.6 is 0 Å². The number of nitrogens with one attached hydrogen (secondary N) is 2. The Morgan fingerprint density at radius 1 is 1.24 bits per heavy atom. The van der Waals surface area contributed by atoms with E-state index in [9.17, 15) is 19.7 Å². The van der Waals surface area contributed by atoms with E-state index >= 15 is 0 Å². The van der Waals surface area contributed by atoms with Crippen LogP contribution in [0.25, 0.3) is 0 Å². The third-order valence-electron chi connectivity index (χ3n) is 4.13. The molecule has 152 valence electrons. The second-order valence-electron chi connectivity index (χ2n) is 6.12. The fourth-order valence-electron chi connectivity index (χ4n) is 2.68. The second-order valence-corrected chi connectivity index (χ2v) is 6.12. The van der Waals surface area contributed by atoms with Crippen molar-refractivity contribution in [3.8, 4) is 11.5 Å². The number of amides is 1. The summed E-state index contributed by atoms with van der Waals surface area (Å²) in [6.45, 7) is -0.0732. The first-order chi connectivity index (χ1) is 14.0. The van der Waals surface area contributed by atoms with E-state index in [1.807, 2.05) is 12.1 Å². The molecule has 0 saturated carbocycles. The first-order valence-corrected chi connectivity index (χ1v) is 8.76. The molecule has 29 heavy (non-hydrogen) atoms. The quantitative estimate of drug-likeness (QED) is 0.408. The maximum atomic E-state index is 12.1. The Bertz CT molecular complexity index is 932. The number of hydrogen-bond donors (Lipinski definition) is 2. The van der Waals surface area contributed by atoms with Gasteiger partial charge in [0.15, 0.2) is 18.1 Å². The summed E-state index contributed by atoms with van der Waals surface area (Å²) in [5.74, 6) is -0.127. The number of esters is 1. The van der Waals surface area contributed by atoms with E-state index < -0.39 is 23.4 Å². The minimum absolute atomic E-state index is 0.0240. The van der Waals surface area contributed by atoms with E-state index in [4.69, 9.17) is 14.2 Å². The molecule has 0 bridgehead atoms. The largest absolute Gasteiger partial charge is 0.486 e. The van der Waals surface area contributed by atoms with E-state index in [-0.39, 0.29) is 36.2 Å². The molecule has 3 rings (SSSR count). The average molecular weight is 401 g/mol. The number of hydrogen-bond acceptors (Lipinski definition) is 8. The zero-order chi connectivity index (χ0) is 20.8. The number of benzene rings is 2. The molecule has 0 aromatic heterocycles. The lowest BCUT2D eigenvalue weighted by Crippen LogP contribution is -2.42. The number of para-hydroxylation sites is 2. The predicted octanol–water partition coefficient (Wildman–Crippen LogP) is 1.75. The molecular formula is C19H19N3O7. The average Bonchev–Trinajstić information content (AvgIpc) is 2.75. The lowest BCUT2D eigenvalue weighted by atomic mass is 10.1. The maximum Gasteiger partial charge on any atom is 0.338 e. The lowest BCUT2D eigenvalue weighted by Gasteiger charge is -2.26. The van der Waals surface area contributed by atoms with Gasteiger partial charge < -0.3 is 24.8 Å². The van der Waals surface area contributed by atoms with Crippen molar-refractivity contribution in [1.29, 1.82) is 0 Å². The van der Waals surface area contributed by atoms with Crippen LogP contribution < -0.4 is 20.1 Å². The molecule has 1 amide bonds. The number of rotatable bonds is 7. The number of anilines is 1. The number of nitrogens with zero attached hydrogens (tertiary/aromatic N) is 1. The van der Waals surface area contributed by atoms with Crippen LogP contribution in [0, 0.1) is 10.1 Å². The predicted molar refractivity (Wildman–Crippen MR) is 102 cm³/mol. The van der Waals surface area contributed by atoms with Crippen molar-refractivity contribution >= 4 is 23.3 Å². The Morgan fingerprint density at radius 2 is 2.00 bits per heavy atom. The van der Waals surface area contributed by atoms with E-state index in [2.05, 4.69) is 10.6 Å². The molecule has 2 N–H and O–H groups in total. The zero-order valence-electron chi connectivity index (χ0n) is 15.5. The molecule has 1 atom stereocenters. The van der Waals surface area contributed by atoms with E-state index in [0.29, 0.717) is 11.5 Å². The van der Waals surface area contributed by atoms with Crippen molar-refractivity contribution in [3.05, 3.63) is 58.1 Å². The third kappa shape index (κ3) is 4.92. The van der Waals surface area contributed by atoms with Gasteiger partial charge in [0.25, 0.3) is 11.6 Å². The fourth-order valence-corrected chi connectivity index (χ4v) is 2.68. The molecule has 10 heteroatoms. The van der Waals surface area contributed by atoms with Crippen LogP contribution in [0.3, 0.4) is 0 Å². The molecule has 0 fully saturated rings. The molecule has 2 aromatic carbocycles. The van der Waals surface area contributed by atoms with Crippen molar-refractivity contribution < 1.29 is 28.7 Å². The van der Waals surface area contributed by atoms with Crippen molar-refractivity contribution in [3.63, 3.8) is 0 Å². The Morgan fingerprint density at radius 3 is 2.72 bits per heavy atom. The second kappa shape index (κ2) is 8.91. The van der Waals surface area contributed by atoms with Crippen molar-refractivity contribution in [2.45, 2.75) is 6.10 Å². The summed E-state index contributed by atoms with van der Waals surface area (Å²) in [6, 6.07) is 11.1. The number of ether oxygens (including phenoxy) is 3. The van der Waals surface area contributed by atoms with Crippen LogP contribution in [0.15, 0.2) is 42.5 Å². The van der Waals surface area contributed by atoms with Gasteiger partial charge in [0.1, 0.15) is 18.4 Å². The lowest BCUT2D eigenvalue weighted by molar-refractivity contribution is -0.384. The van der Waals surface area contributed by atoms with Gasteiger partial charge >= 0.3 is 5.97 Å². The van der Waals surface area contributed by atoms with E-state index in [1.54, 1.807) is 12.1 Å². The van der Waals surface area contributed by atoms with Gasteiger partial charge in [0.05, 0.1) is 17.0 Å². The molecule has 0 radical (unpaired) electrons. The fraction of sp³-hybridized carbons (Fsp3) is 0.263. The molecule has 2 aromatic rings. The molecule has 1 aliphatic heterocycles. The highest BCUT2D eigenvalue weighted by Gasteiger charge is 2.22. The molecule has 0 aliphatic carbocycles. The van der Waals surface area contributed by atoms with Crippen LogP contribution in [0.5, 0.6) is 11.5 Å². The number of nitro groups is 1. The third-order valence-corrected chi connectivity index (χ3v) is 4.13. The minimum atomic E-state index is -0.836. The van der Waals surface area contributed by atoms with Gasteiger partial charge in [-0.2, -0.15) is 0 Å². The normalized spacial score (nSPS) is 14.6. The smallest absolute Gasteiger partial charge is 0.338 e. The summed E-state index contributed by atoms with van der Waals surface area (Å²) in [5, 5.41) is 16.3. The van der Waals surface area contributed by atoms with Crippen molar-refractivity contribution in [2.75, 3.05) is 32.1 Å². The Labute approximate surface area is 165 Å². The van der Waals surface area contributed by atoms with Crippen molar-refractivity contribution in [2.24, 2.45) is 0 Å².